The lowest BCUT2D eigenvalue weighted by Crippen LogP contribution is -2.28. The molecule has 2 aromatic rings. The first-order chi connectivity index (χ1) is 8.26. The molecule has 0 radical (unpaired) electrons. The van der Waals surface area contributed by atoms with Crippen LogP contribution in [-0.4, -0.2) is 36.2 Å². The lowest BCUT2D eigenvalue weighted by Gasteiger charge is -2.22. The molecule has 0 aliphatic carbocycles. The Morgan fingerprint density at radius 2 is 2.06 bits per heavy atom. The Labute approximate surface area is 104 Å². The molecule has 0 saturated heterocycles. The average molecular weight is 249 g/mol. The molecule has 0 amide bonds. The van der Waals surface area contributed by atoms with Crippen molar-refractivity contribution < 1.29 is 9.90 Å². The number of carbonyl (C=O) groups is 1. The molecular weight excluding hydrogens is 234 g/mol. The summed E-state index contributed by atoms with van der Waals surface area (Å²) in [5.74, 6) is 0.293. The third-order valence-electron chi connectivity index (χ3n) is 2.14. The minimum atomic E-state index is -1.09. The van der Waals surface area contributed by atoms with Crippen LogP contribution in [0.2, 0.25) is 0 Å². The van der Waals surface area contributed by atoms with E-state index in [1.807, 2.05) is 20.8 Å². The molecule has 0 fully saturated rings. The van der Waals surface area contributed by atoms with Crippen molar-refractivity contribution in [2.24, 2.45) is 0 Å². The Morgan fingerprint density at radius 1 is 1.39 bits per heavy atom. The third kappa shape index (κ3) is 2.39. The minimum absolute atomic E-state index is 0.0540. The van der Waals surface area contributed by atoms with Crippen LogP contribution in [0.15, 0.2) is 6.07 Å². The average Bonchev–Trinajstić information content (AvgIpc) is 2.56. The highest BCUT2D eigenvalue weighted by atomic mass is 16.4. The monoisotopic (exact) mass is 249 g/mol. The molecule has 0 spiro atoms. The summed E-state index contributed by atoms with van der Waals surface area (Å²) in [7, 11) is 0. The van der Waals surface area contributed by atoms with E-state index >= 15 is 0 Å². The Hall–Kier alpha value is -2.18. The number of carboxylic acids is 1. The number of nitrogens with zero attached hydrogens (tertiary/aromatic N) is 4. The molecule has 0 atom stereocenters. The second-order valence-electron chi connectivity index (χ2n) is 5.08. The van der Waals surface area contributed by atoms with Crippen LogP contribution < -0.4 is 5.32 Å². The van der Waals surface area contributed by atoms with Crippen molar-refractivity contribution in [1.82, 2.24) is 19.6 Å². The maximum atomic E-state index is 11.0. The molecule has 0 aromatic carbocycles. The quantitative estimate of drug-likeness (QED) is 0.834. The molecule has 0 bridgehead atoms. The molecule has 7 heteroatoms. The van der Waals surface area contributed by atoms with Gasteiger partial charge in [-0.05, 0) is 27.7 Å². The molecular formula is C11H15N5O2. The summed E-state index contributed by atoms with van der Waals surface area (Å²) in [5, 5.41) is 16.4. The number of hydrogen-bond acceptors (Lipinski definition) is 5. The summed E-state index contributed by atoms with van der Waals surface area (Å²) >= 11 is 0. The maximum absolute atomic E-state index is 11.0. The molecule has 7 nitrogen and oxygen atoms in total. The van der Waals surface area contributed by atoms with Gasteiger partial charge in [0.2, 0.25) is 0 Å². The number of aromatic nitrogens is 4. The zero-order chi connectivity index (χ0) is 13.5. The summed E-state index contributed by atoms with van der Waals surface area (Å²) in [6, 6.07) is 1.45. The predicted octanol–water partition coefficient (Wildman–Crippen LogP) is 1.34. The second kappa shape index (κ2) is 3.94. The number of rotatable bonds is 2. The van der Waals surface area contributed by atoms with Gasteiger partial charge in [-0.25, -0.2) is 9.78 Å². The number of fused-ring (bicyclic) bond motifs is 1. The number of aryl methyl sites for hydroxylation is 1. The fourth-order valence-electron chi connectivity index (χ4n) is 1.55. The van der Waals surface area contributed by atoms with Crippen molar-refractivity contribution >= 4 is 17.6 Å². The Morgan fingerprint density at radius 3 is 2.61 bits per heavy atom. The number of hydrogen-bond donors (Lipinski definition) is 2. The van der Waals surface area contributed by atoms with E-state index in [0.29, 0.717) is 11.6 Å². The van der Waals surface area contributed by atoms with Crippen LogP contribution in [0.4, 0.5) is 5.82 Å². The molecule has 96 valence electrons. The molecule has 18 heavy (non-hydrogen) atoms. The van der Waals surface area contributed by atoms with Crippen molar-refractivity contribution in [3.8, 4) is 0 Å². The van der Waals surface area contributed by atoms with E-state index in [0.717, 1.165) is 0 Å². The van der Waals surface area contributed by atoms with Crippen LogP contribution >= 0.6 is 0 Å². The smallest absolute Gasteiger partial charge is 0.354 e. The van der Waals surface area contributed by atoms with Gasteiger partial charge in [0.25, 0.3) is 5.78 Å². The summed E-state index contributed by atoms with van der Waals surface area (Å²) in [4.78, 5) is 19.0. The van der Waals surface area contributed by atoms with Crippen molar-refractivity contribution in [1.29, 1.82) is 0 Å². The van der Waals surface area contributed by atoms with Crippen molar-refractivity contribution in [2.45, 2.75) is 33.2 Å². The van der Waals surface area contributed by atoms with Gasteiger partial charge < -0.3 is 10.4 Å². The molecule has 2 aromatic heterocycles. The number of aromatic carboxylic acids is 1. The van der Waals surface area contributed by atoms with Gasteiger partial charge in [0.15, 0.2) is 5.69 Å². The van der Waals surface area contributed by atoms with Gasteiger partial charge in [-0.3, -0.25) is 0 Å². The van der Waals surface area contributed by atoms with E-state index in [1.54, 1.807) is 6.92 Å². The molecule has 0 saturated carbocycles. The summed E-state index contributed by atoms with van der Waals surface area (Å²) in [6.45, 7) is 7.66. The van der Waals surface area contributed by atoms with Gasteiger partial charge in [0.05, 0.1) is 0 Å². The molecule has 2 heterocycles. The lowest BCUT2D eigenvalue weighted by atomic mass is 10.1. The first kappa shape index (κ1) is 12.3. The fraction of sp³-hybridized carbons (Fsp3) is 0.455. The first-order valence-corrected chi connectivity index (χ1v) is 5.52. The van der Waals surface area contributed by atoms with E-state index in [1.165, 1.54) is 10.6 Å². The Balaban J connectivity index is 2.64. The molecule has 0 unspecified atom stereocenters. The predicted molar refractivity (Wildman–Crippen MR) is 65.9 cm³/mol. The molecule has 2 N–H and O–H groups in total. The van der Waals surface area contributed by atoms with E-state index < -0.39 is 5.97 Å². The SMILES string of the molecule is Cc1nc2nc(C(=O)O)cc(NC(C)(C)C)n2n1. The maximum Gasteiger partial charge on any atom is 0.354 e. The highest BCUT2D eigenvalue weighted by molar-refractivity contribution is 5.86. The second-order valence-corrected chi connectivity index (χ2v) is 5.08. The van der Waals surface area contributed by atoms with Crippen LogP contribution in [-0.2, 0) is 0 Å². The molecule has 2 rings (SSSR count). The van der Waals surface area contributed by atoms with Gasteiger partial charge in [-0.1, -0.05) is 0 Å². The summed E-state index contributed by atoms with van der Waals surface area (Å²) in [5.41, 5.74) is -0.272. The third-order valence-corrected chi connectivity index (χ3v) is 2.14. The van der Waals surface area contributed by atoms with E-state index in [4.69, 9.17) is 5.11 Å². The van der Waals surface area contributed by atoms with Crippen molar-refractivity contribution in [3.05, 3.63) is 17.6 Å². The van der Waals surface area contributed by atoms with E-state index in [9.17, 15) is 4.79 Å². The highest BCUT2D eigenvalue weighted by Crippen LogP contribution is 2.16. The normalized spacial score (nSPS) is 11.8. The topological polar surface area (TPSA) is 92.4 Å². The van der Waals surface area contributed by atoms with Gasteiger partial charge in [0.1, 0.15) is 11.6 Å². The Bertz CT molecular complexity index is 612. The van der Waals surface area contributed by atoms with Crippen LogP contribution in [0.5, 0.6) is 0 Å². The van der Waals surface area contributed by atoms with Crippen LogP contribution in [0.3, 0.4) is 0 Å². The zero-order valence-corrected chi connectivity index (χ0v) is 10.7. The van der Waals surface area contributed by atoms with Gasteiger partial charge in [-0.2, -0.15) is 9.50 Å². The van der Waals surface area contributed by atoms with Crippen molar-refractivity contribution in [3.63, 3.8) is 0 Å². The highest BCUT2D eigenvalue weighted by Gasteiger charge is 2.17. The lowest BCUT2D eigenvalue weighted by molar-refractivity contribution is 0.0690. The number of carboxylic acid groups (broad SMARTS) is 1. The fourth-order valence-corrected chi connectivity index (χ4v) is 1.55. The van der Waals surface area contributed by atoms with E-state index in [2.05, 4.69) is 20.4 Å². The van der Waals surface area contributed by atoms with Crippen LogP contribution in [0.25, 0.3) is 5.78 Å². The van der Waals surface area contributed by atoms with Crippen LogP contribution in [0.1, 0.15) is 37.1 Å². The summed E-state index contributed by atoms with van der Waals surface area (Å²) in [6.07, 6.45) is 0. The summed E-state index contributed by atoms with van der Waals surface area (Å²) < 4.78 is 1.51. The van der Waals surface area contributed by atoms with Crippen LogP contribution in [0, 0.1) is 6.92 Å². The van der Waals surface area contributed by atoms with Gasteiger partial charge in [0, 0.05) is 11.6 Å². The minimum Gasteiger partial charge on any atom is -0.477 e. The van der Waals surface area contributed by atoms with Gasteiger partial charge >= 0.3 is 5.97 Å². The zero-order valence-electron chi connectivity index (χ0n) is 10.7. The van der Waals surface area contributed by atoms with Gasteiger partial charge in [-0.15, -0.1) is 5.10 Å². The number of anilines is 1. The van der Waals surface area contributed by atoms with Crippen molar-refractivity contribution in [2.75, 3.05) is 5.32 Å². The number of nitrogens with one attached hydrogen (secondary N) is 1. The van der Waals surface area contributed by atoms with E-state index in [-0.39, 0.29) is 17.0 Å². The molecule has 0 aliphatic rings. The Kier molecular flexibility index (Phi) is 2.68. The largest absolute Gasteiger partial charge is 0.477 e. The first-order valence-electron chi connectivity index (χ1n) is 5.52. The standard InChI is InChI=1S/C11H15N5O2/c1-6-12-10-13-7(9(17)18)5-8(16(10)15-6)14-11(2,3)4/h5,14H,1-4H3,(H,17,18). The molecule has 0 aliphatic heterocycles.